The Hall–Kier alpha value is -4.20. The summed E-state index contributed by atoms with van der Waals surface area (Å²) in [5, 5.41) is 3.10. The van der Waals surface area contributed by atoms with E-state index in [1.165, 1.54) is 7.11 Å². The Morgan fingerprint density at radius 3 is 2.35 bits per heavy atom. The van der Waals surface area contributed by atoms with Crippen LogP contribution in [-0.4, -0.2) is 51.7 Å². The lowest BCUT2D eigenvalue weighted by atomic mass is 9.75. The highest BCUT2D eigenvalue weighted by Crippen LogP contribution is 2.48. The van der Waals surface area contributed by atoms with E-state index in [9.17, 15) is 9.59 Å². The standard InChI is InChI=1S/C29H30N2O6/c1-34-19-10-9-18(23(13-19)35-2)16-30-28(32)26-21-14-24(36-3)25(37-4)15-22(21)29(33)31-12-11-17-7-5-6-8-20(17)27(26)31/h5-10,13-15,26-27H,11-12,16H2,1-4H3,(H,30,32)/t26-,27+/m1/s1. The van der Waals surface area contributed by atoms with E-state index in [4.69, 9.17) is 18.9 Å². The van der Waals surface area contributed by atoms with Crippen LogP contribution in [0.3, 0.4) is 0 Å². The van der Waals surface area contributed by atoms with Gasteiger partial charge >= 0.3 is 0 Å². The average Bonchev–Trinajstić information content (AvgIpc) is 2.95. The topological polar surface area (TPSA) is 86.3 Å². The molecule has 0 unspecified atom stereocenters. The molecule has 2 atom stereocenters. The van der Waals surface area contributed by atoms with E-state index in [1.54, 1.807) is 39.5 Å². The quantitative estimate of drug-likeness (QED) is 0.528. The van der Waals surface area contributed by atoms with E-state index in [0.29, 0.717) is 40.7 Å². The zero-order chi connectivity index (χ0) is 26.1. The van der Waals surface area contributed by atoms with Crippen molar-refractivity contribution in [3.63, 3.8) is 0 Å². The van der Waals surface area contributed by atoms with Gasteiger partial charge < -0.3 is 29.2 Å². The fraction of sp³-hybridized carbons (Fsp3) is 0.310. The highest BCUT2D eigenvalue weighted by atomic mass is 16.5. The number of hydrogen-bond donors (Lipinski definition) is 1. The molecule has 2 aliphatic heterocycles. The molecule has 8 nitrogen and oxygen atoms in total. The molecule has 2 heterocycles. The van der Waals surface area contributed by atoms with Crippen LogP contribution in [0.2, 0.25) is 0 Å². The third-order valence-corrected chi connectivity index (χ3v) is 7.26. The molecule has 0 bridgehead atoms. The Bertz CT molecular complexity index is 1350. The van der Waals surface area contributed by atoms with Gasteiger partial charge in [0.05, 0.1) is 40.4 Å². The number of methoxy groups -OCH3 is 4. The van der Waals surface area contributed by atoms with Crippen molar-refractivity contribution in [1.29, 1.82) is 0 Å². The molecule has 37 heavy (non-hydrogen) atoms. The van der Waals surface area contributed by atoms with Gasteiger partial charge in [-0.2, -0.15) is 0 Å². The van der Waals surface area contributed by atoms with E-state index in [-0.39, 0.29) is 18.4 Å². The molecule has 8 heteroatoms. The molecular formula is C29H30N2O6. The van der Waals surface area contributed by atoms with Crippen molar-refractivity contribution in [1.82, 2.24) is 10.2 Å². The fourth-order valence-corrected chi connectivity index (χ4v) is 5.42. The molecule has 2 amide bonds. The van der Waals surface area contributed by atoms with E-state index in [0.717, 1.165) is 23.1 Å². The zero-order valence-corrected chi connectivity index (χ0v) is 21.4. The number of ether oxygens (including phenoxy) is 4. The summed E-state index contributed by atoms with van der Waals surface area (Å²) in [6.45, 7) is 0.790. The van der Waals surface area contributed by atoms with Gasteiger partial charge in [-0.15, -0.1) is 0 Å². The lowest BCUT2D eigenvalue weighted by molar-refractivity contribution is -0.124. The summed E-state index contributed by atoms with van der Waals surface area (Å²) in [6.07, 6.45) is 0.735. The largest absolute Gasteiger partial charge is 0.497 e. The molecule has 0 radical (unpaired) electrons. The molecule has 5 rings (SSSR count). The molecule has 0 aromatic heterocycles. The number of benzene rings is 3. The van der Waals surface area contributed by atoms with Crippen molar-refractivity contribution in [2.24, 2.45) is 0 Å². The van der Waals surface area contributed by atoms with Gasteiger partial charge in [0.2, 0.25) is 5.91 Å². The molecule has 0 saturated carbocycles. The van der Waals surface area contributed by atoms with Gasteiger partial charge in [0, 0.05) is 30.3 Å². The number of amides is 2. The summed E-state index contributed by atoms with van der Waals surface area (Å²) in [7, 11) is 6.25. The van der Waals surface area contributed by atoms with Crippen LogP contribution >= 0.6 is 0 Å². The van der Waals surface area contributed by atoms with Gasteiger partial charge in [-0.25, -0.2) is 0 Å². The van der Waals surface area contributed by atoms with Crippen LogP contribution in [0.5, 0.6) is 23.0 Å². The molecule has 2 aliphatic rings. The molecular weight excluding hydrogens is 472 g/mol. The first-order valence-electron chi connectivity index (χ1n) is 12.1. The first kappa shape index (κ1) is 24.5. The maximum Gasteiger partial charge on any atom is 0.254 e. The summed E-state index contributed by atoms with van der Waals surface area (Å²) in [5.74, 6) is 1.27. The van der Waals surface area contributed by atoms with Crippen molar-refractivity contribution in [2.45, 2.75) is 24.9 Å². The molecule has 1 N–H and O–H groups in total. The van der Waals surface area contributed by atoms with Crippen LogP contribution < -0.4 is 24.3 Å². The predicted molar refractivity (Wildman–Crippen MR) is 138 cm³/mol. The van der Waals surface area contributed by atoms with Crippen LogP contribution in [0.15, 0.2) is 54.6 Å². The second-order valence-corrected chi connectivity index (χ2v) is 9.06. The number of carbonyl (C=O) groups is 2. The normalized spacial score (nSPS) is 17.7. The monoisotopic (exact) mass is 502 g/mol. The van der Waals surface area contributed by atoms with Crippen molar-refractivity contribution >= 4 is 11.8 Å². The van der Waals surface area contributed by atoms with Gasteiger partial charge in [0.25, 0.3) is 5.91 Å². The van der Waals surface area contributed by atoms with Crippen molar-refractivity contribution in [3.8, 4) is 23.0 Å². The Balaban J connectivity index is 1.57. The van der Waals surface area contributed by atoms with Gasteiger partial charge in [0.1, 0.15) is 11.5 Å². The summed E-state index contributed by atoms with van der Waals surface area (Å²) < 4.78 is 21.8. The maximum absolute atomic E-state index is 14.0. The molecule has 0 spiro atoms. The fourth-order valence-electron chi connectivity index (χ4n) is 5.42. The molecule has 3 aromatic rings. The Kier molecular flexibility index (Phi) is 6.65. The molecule has 3 aromatic carbocycles. The number of rotatable bonds is 7. The summed E-state index contributed by atoms with van der Waals surface area (Å²) in [5.41, 5.74) is 4.03. The average molecular weight is 503 g/mol. The van der Waals surface area contributed by atoms with Crippen LogP contribution in [0.4, 0.5) is 0 Å². The lowest BCUT2D eigenvalue weighted by Gasteiger charge is -2.45. The molecule has 192 valence electrons. The third-order valence-electron chi connectivity index (χ3n) is 7.26. The SMILES string of the molecule is COc1ccc(CNC(=O)[C@@H]2c3cc(OC)c(OC)cc3C(=O)N3CCc4ccccc4[C@@H]23)c(OC)c1. The van der Waals surface area contributed by atoms with Crippen LogP contribution in [-0.2, 0) is 17.8 Å². The summed E-state index contributed by atoms with van der Waals surface area (Å²) >= 11 is 0. The van der Waals surface area contributed by atoms with E-state index in [1.807, 2.05) is 35.2 Å². The van der Waals surface area contributed by atoms with E-state index in [2.05, 4.69) is 11.4 Å². The predicted octanol–water partition coefficient (Wildman–Crippen LogP) is 3.87. The second kappa shape index (κ2) is 10.0. The van der Waals surface area contributed by atoms with E-state index >= 15 is 0 Å². The van der Waals surface area contributed by atoms with Crippen LogP contribution in [0.1, 0.15) is 44.6 Å². The number of nitrogens with one attached hydrogen (secondary N) is 1. The van der Waals surface area contributed by atoms with Crippen molar-refractivity contribution < 1.29 is 28.5 Å². The van der Waals surface area contributed by atoms with Gasteiger partial charge in [-0.1, -0.05) is 24.3 Å². The van der Waals surface area contributed by atoms with Gasteiger partial charge in [-0.05, 0) is 47.4 Å². The Morgan fingerprint density at radius 1 is 0.892 bits per heavy atom. The minimum absolute atomic E-state index is 0.115. The number of fused-ring (bicyclic) bond motifs is 4. The third kappa shape index (κ3) is 4.22. The van der Waals surface area contributed by atoms with Gasteiger partial charge in [-0.3, -0.25) is 9.59 Å². The first-order valence-corrected chi connectivity index (χ1v) is 12.1. The van der Waals surface area contributed by atoms with Crippen LogP contribution in [0, 0.1) is 0 Å². The Morgan fingerprint density at radius 2 is 1.62 bits per heavy atom. The minimum Gasteiger partial charge on any atom is -0.497 e. The lowest BCUT2D eigenvalue weighted by Crippen LogP contribution is -2.50. The smallest absolute Gasteiger partial charge is 0.254 e. The summed E-state index contributed by atoms with van der Waals surface area (Å²) in [6, 6.07) is 16.5. The second-order valence-electron chi connectivity index (χ2n) is 9.06. The highest BCUT2D eigenvalue weighted by Gasteiger charge is 2.46. The summed E-state index contributed by atoms with van der Waals surface area (Å²) in [4.78, 5) is 29.5. The number of nitrogens with zero attached hydrogens (tertiary/aromatic N) is 1. The number of hydrogen-bond acceptors (Lipinski definition) is 6. The van der Waals surface area contributed by atoms with Crippen LogP contribution in [0.25, 0.3) is 0 Å². The molecule has 0 saturated heterocycles. The molecule has 0 aliphatic carbocycles. The van der Waals surface area contributed by atoms with E-state index < -0.39 is 12.0 Å². The van der Waals surface area contributed by atoms with Crippen molar-refractivity contribution in [3.05, 3.63) is 82.4 Å². The molecule has 0 fully saturated rings. The van der Waals surface area contributed by atoms with Crippen molar-refractivity contribution in [2.75, 3.05) is 35.0 Å². The highest BCUT2D eigenvalue weighted by molar-refractivity contribution is 6.02. The minimum atomic E-state index is -0.641. The number of carbonyl (C=O) groups excluding carboxylic acids is 2. The Labute approximate surface area is 216 Å². The maximum atomic E-state index is 14.0. The zero-order valence-electron chi connectivity index (χ0n) is 21.4. The first-order chi connectivity index (χ1) is 18.0. The van der Waals surface area contributed by atoms with Gasteiger partial charge in [0.15, 0.2) is 11.5 Å².